The highest BCUT2D eigenvalue weighted by atomic mass is 16.6. The molecule has 0 N–H and O–H groups in total. The molecule has 0 heterocycles. The molecule has 2 amide bonds. The van der Waals surface area contributed by atoms with Gasteiger partial charge >= 0.3 is 30.1 Å². The molecule has 44 heavy (non-hydrogen) atoms. The Kier molecular flexibility index (Phi) is 20.7. The fraction of sp³-hybridized carbons (Fsp3) is 0.821. The van der Waals surface area contributed by atoms with E-state index < -0.39 is 54.4 Å². The highest BCUT2D eigenvalue weighted by Gasteiger charge is 2.27. The van der Waals surface area contributed by atoms with Crippen LogP contribution in [0.1, 0.15) is 41.5 Å². The van der Waals surface area contributed by atoms with Crippen LogP contribution in [0.5, 0.6) is 0 Å². The first kappa shape index (κ1) is 40.8. The van der Waals surface area contributed by atoms with E-state index in [9.17, 15) is 24.0 Å². The summed E-state index contributed by atoms with van der Waals surface area (Å²) in [4.78, 5) is 63.1. The minimum absolute atomic E-state index is 0.0693. The first-order chi connectivity index (χ1) is 20.6. The van der Waals surface area contributed by atoms with E-state index in [1.165, 1.54) is 14.2 Å². The van der Waals surface area contributed by atoms with Gasteiger partial charge in [-0.25, -0.2) is 14.4 Å². The fourth-order valence-electron chi connectivity index (χ4n) is 2.87. The van der Waals surface area contributed by atoms with E-state index in [0.717, 1.165) is 9.80 Å². The lowest BCUT2D eigenvalue weighted by Gasteiger charge is -2.27. The Morgan fingerprint density at radius 1 is 0.523 bits per heavy atom. The monoisotopic (exact) mass is 638 g/mol. The number of hydrogen-bond donors (Lipinski definition) is 0. The first-order valence-electron chi connectivity index (χ1n) is 14.1. The summed E-state index contributed by atoms with van der Waals surface area (Å²) in [6, 6.07) is 0. The van der Waals surface area contributed by atoms with Gasteiger partial charge in [0.15, 0.2) is 0 Å². The van der Waals surface area contributed by atoms with Gasteiger partial charge in [-0.1, -0.05) is 0 Å². The topological polar surface area (TPSA) is 175 Å². The Hall–Kier alpha value is -3.21. The number of methoxy groups -OCH3 is 2. The van der Waals surface area contributed by atoms with E-state index in [1.807, 2.05) is 0 Å². The van der Waals surface area contributed by atoms with Crippen LogP contribution in [0, 0.1) is 0 Å². The zero-order valence-corrected chi connectivity index (χ0v) is 27.3. The Balaban J connectivity index is 4.64. The van der Waals surface area contributed by atoms with Gasteiger partial charge in [0.05, 0.1) is 53.3 Å². The van der Waals surface area contributed by atoms with Gasteiger partial charge in [0.25, 0.3) is 0 Å². The highest BCUT2D eigenvalue weighted by molar-refractivity contribution is 5.79. The third-order valence-electron chi connectivity index (χ3n) is 4.82. The van der Waals surface area contributed by atoms with E-state index in [-0.39, 0.29) is 72.6 Å². The van der Waals surface area contributed by atoms with Crippen LogP contribution in [0.4, 0.5) is 9.59 Å². The van der Waals surface area contributed by atoms with E-state index >= 15 is 0 Å². The summed E-state index contributed by atoms with van der Waals surface area (Å²) < 4.78 is 46.1. The van der Waals surface area contributed by atoms with Gasteiger partial charge in [0.1, 0.15) is 44.1 Å². The predicted molar refractivity (Wildman–Crippen MR) is 154 cm³/mol. The summed E-state index contributed by atoms with van der Waals surface area (Å²) in [5.74, 6) is -1.94. The van der Waals surface area contributed by atoms with E-state index in [0.29, 0.717) is 0 Å². The van der Waals surface area contributed by atoms with E-state index in [1.54, 1.807) is 41.5 Å². The van der Waals surface area contributed by atoms with Gasteiger partial charge in [0.2, 0.25) is 0 Å². The van der Waals surface area contributed by atoms with Crippen molar-refractivity contribution in [2.24, 2.45) is 0 Å². The van der Waals surface area contributed by atoms with Gasteiger partial charge < -0.3 is 42.6 Å². The zero-order valence-electron chi connectivity index (χ0n) is 27.3. The maximum absolute atomic E-state index is 12.7. The molecule has 0 fully saturated rings. The molecule has 0 radical (unpaired) electrons. The number of esters is 3. The minimum Gasteiger partial charge on any atom is -0.467 e. The SMILES string of the molecule is COCCN(CC(=O)OCCN(CC(=O)OCCOCCOCCOCC(=O)OC)C(=O)OC(C)(C)C)C(=O)OC(C)(C)C. The standard InChI is InChI=1S/C28H50N2O14/c1-27(2,3)43-25(34)29(9-11-36-7)19-22(31)41-12-10-30(26(35)44-28(4,5)6)20-23(32)42-18-17-39-14-13-38-15-16-40-21-24(33)37-8/h9-21H2,1-8H3. The molecule has 16 heteroatoms. The Morgan fingerprint density at radius 2 is 0.932 bits per heavy atom. The lowest BCUT2D eigenvalue weighted by molar-refractivity contribution is -0.148. The number of hydrogen-bond acceptors (Lipinski definition) is 14. The maximum atomic E-state index is 12.7. The number of carbonyl (C=O) groups excluding carboxylic acids is 5. The molecule has 256 valence electrons. The molecule has 0 rings (SSSR count). The van der Waals surface area contributed by atoms with Crippen LogP contribution >= 0.6 is 0 Å². The lowest BCUT2D eigenvalue weighted by Crippen LogP contribution is -2.43. The second kappa shape index (κ2) is 22.3. The van der Waals surface area contributed by atoms with E-state index in [4.69, 9.17) is 37.9 Å². The average Bonchev–Trinajstić information content (AvgIpc) is 2.91. The van der Waals surface area contributed by atoms with Crippen LogP contribution in [-0.4, -0.2) is 151 Å². The molecule has 0 atom stereocenters. The number of ether oxygens (including phenoxy) is 9. The van der Waals surface area contributed by atoms with Crippen LogP contribution in [0.3, 0.4) is 0 Å². The molecule has 0 unspecified atom stereocenters. The van der Waals surface area contributed by atoms with Crippen molar-refractivity contribution in [1.29, 1.82) is 0 Å². The molecule has 16 nitrogen and oxygen atoms in total. The molecule has 0 bridgehead atoms. The number of rotatable bonds is 21. The van der Waals surface area contributed by atoms with Gasteiger partial charge in [-0.15, -0.1) is 0 Å². The Bertz CT molecular complexity index is 869. The summed E-state index contributed by atoms with van der Waals surface area (Å²) in [7, 11) is 2.73. The molecule has 0 aliphatic carbocycles. The van der Waals surface area contributed by atoms with Crippen molar-refractivity contribution < 1.29 is 66.6 Å². The molecular formula is C28H50N2O14. The van der Waals surface area contributed by atoms with Crippen LogP contribution < -0.4 is 0 Å². The van der Waals surface area contributed by atoms with Crippen molar-refractivity contribution >= 4 is 30.1 Å². The summed E-state index contributed by atoms with van der Waals surface area (Å²) in [5, 5.41) is 0. The quantitative estimate of drug-likeness (QED) is 0.100. The third kappa shape index (κ3) is 23.3. The number of nitrogens with zero attached hydrogens (tertiary/aromatic N) is 2. The van der Waals surface area contributed by atoms with Crippen LogP contribution in [-0.2, 0) is 57.0 Å². The normalized spacial score (nSPS) is 11.4. The van der Waals surface area contributed by atoms with Crippen LogP contribution in [0.15, 0.2) is 0 Å². The van der Waals surface area contributed by atoms with Crippen molar-refractivity contribution in [3.8, 4) is 0 Å². The van der Waals surface area contributed by atoms with Gasteiger partial charge in [-0.2, -0.15) is 0 Å². The number of carbonyl (C=O) groups is 5. The Labute approximate surface area is 259 Å². The summed E-state index contributed by atoms with van der Waals surface area (Å²) in [5.41, 5.74) is -1.60. The Morgan fingerprint density at radius 3 is 1.36 bits per heavy atom. The van der Waals surface area contributed by atoms with E-state index in [2.05, 4.69) is 4.74 Å². The van der Waals surface area contributed by atoms with Crippen LogP contribution in [0.2, 0.25) is 0 Å². The van der Waals surface area contributed by atoms with Crippen molar-refractivity contribution in [1.82, 2.24) is 9.80 Å². The summed E-state index contributed by atoms with van der Waals surface area (Å²) in [6.07, 6.45) is -1.51. The fourth-order valence-corrected chi connectivity index (χ4v) is 2.87. The van der Waals surface area contributed by atoms with Gasteiger partial charge in [0, 0.05) is 13.7 Å². The van der Waals surface area contributed by atoms with Crippen molar-refractivity contribution in [3.63, 3.8) is 0 Å². The lowest BCUT2D eigenvalue weighted by atomic mass is 10.2. The largest absolute Gasteiger partial charge is 0.467 e. The van der Waals surface area contributed by atoms with Crippen molar-refractivity contribution in [3.05, 3.63) is 0 Å². The summed E-state index contributed by atoms with van der Waals surface area (Å²) >= 11 is 0. The molecule has 0 aromatic heterocycles. The van der Waals surface area contributed by atoms with Crippen molar-refractivity contribution in [2.75, 3.05) is 99.9 Å². The molecule has 0 saturated carbocycles. The summed E-state index contributed by atoms with van der Waals surface area (Å²) in [6.45, 7) is 9.95. The van der Waals surface area contributed by atoms with Gasteiger partial charge in [-0.05, 0) is 41.5 Å². The van der Waals surface area contributed by atoms with Gasteiger partial charge in [-0.3, -0.25) is 19.4 Å². The maximum Gasteiger partial charge on any atom is 0.410 e. The molecule has 0 spiro atoms. The van der Waals surface area contributed by atoms with Crippen LogP contribution in [0.25, 0.3) is 0 Å². The number of amides is 2. The molecule has 0 saturated heterocycles. The molecule has 0 aromatic carbocycles. The molecule has 0 aromatic rings. The second-order valence-electron chi connectivity index (χ2n) is 11.1. The predicted octanol–water partition coefficient (Wildman–Crippen LogP) is 1.42. The molecular weight excluding hydrogens is 588 g/mol. The second-order valence-corrected chi connectivity index (χ2v) is 11.1. The zero-order chi connectivity index (χ0) is 33.6. The average molecular weight is 639 g/mol. The smallest absolute Gasteiger partial charge is 0.410 e. The molecule has 0 aliphatic heterocycles. The molecule has 0 aliphatic rings. The first-order valence-corrected chi connectivity index (χ1v) is 14.1. The highest BCUT2D eigenvalue weighted by Crippen LogP contribution is 2.11. The minimum atomic E-state index is -0.839. The third-order valence-corrected chi connectivity index (χ3v) is 4.82. The van der Waals surface area contributed by atoms with Crippen molar-refractivity contribution in [2.45, 2.75) is 52.7 Å².